The number of anilines is 1. The number of nitrogens with zero attached hydrogens (tertiary/aromatic N) is 3. The highest BCUT2D eigenvalue weighted by molar-refractivity contribution is 8.01. The van der Waals surface area contributed by atoms with Crippen molar-refractivity contribution >= 4 is 39.6 Å². The number of aromatic nitrogens is 3. The molecule has 0 amide bonds. The van der Waals surface area contributed by atoms with Crippen molar-refractivity contribution in [3.63, 3.8) is 0 Å². The predicted molar refractivity (Wildman–Crippen MR) is 87.2 cm³/mol. The minimum Gasteiger partial charge on any atom is -0.467 e. The molecule has 0 saturated heterocycles. The summed E-state index contributed by atoms with van der Waals surface area (Å²) in [5.41, 5.74) is 3.04. The maximum Gasteiger partial charge on any atom is 0.206 e. The van der Waals surface area contributed by atoms with Crippen molar-refractivity contribution in [2.75, 3.05) is 11.1 Å². The van der Waals surface area contributed by atoms with Crippen molar-refractivity contribution in [3.05, 3.63) is 40.2 Å². The van der Waals surface area contributed by atoms with Gasteiger partial charge in [-0.3, -0.25) is 0 Å². The molecule has 110 valence electrons. The average Bonchev–Trinajstić information content (AvgIpc) is 3.20. The van der Waals surface area contributed by atoms with E-state index in [2.05, 4.69) is 27.4 Å². The fourth-order valence-electron chi connectivity index (χ4n) is 1.71. The Morgan fingerprint density at radius 1 is 1.38 bits per heavy atom. The third-order valence-electron chi connectivity index (χ3n) is 2.80. The fraction of sp³-hybridized carbons (Fsp3) is 0.308. The van der Waals surface area contributed by atoms with Crippen molar-refractivity contribution in [3.8, 4) is 0 Å². The Labute approximate surface area is 134 Å². The highest BCUT2D eigenvalue weighted by Gasteiger charge is 2.07. The summed E-state index contributed by atoms with van der Waals surface area (Å²) in [4.78, 5) is 5.61. The van der Waals surface area contributed by atoms with E-state index in [1.165, 1.54) is 4.88 Å². The maximum absolute atomic E-state index is 5.26. The van der Waals surface area contributed by atoms with E-state index in [1.54, 1.807) is 40.7 Å². The molecule has 0 unspecified atom stereocenters. The number of hydrogen-bond acceptors (Lipinski definition) is 8. The predicted octanol–water partition coefficient (Wildman–Crippen LogP) is 3.84. The quantitative estimate of drug-likeness (QED) is 0.660. The smallest absolute Gasteiger partial charge is 0.206 e. The first-order chi connectivity index (χ1) is 10.3. The van der Waals surface area contributed by atoms with Gasteiger partial charge in [-0.1, -0.05) is 23.1 Å². The first-order valence-electron chi connectivity index (χ1n) is 6.43. The molecule has 0 atom stereocenters. The summed E-state index contributed by atoms with van der Waals surface area (Å²) in [5.74, 6) is 1.88. The topological polar surface area (TPSA) is 63.8 Å². The number of aryl methyl sites for hydroxylation is 2. The van der Waals surface area contributed by atoms with Gasteiger partial charge in [0.2, 0.25) is 5.13 Å². The summed E-state index contributed by atoms with van der Waals surface area (Å²) in [6.07, 6.45) is 2.69. The van der Waals surface area contributed by atoms with Crippen LogP contribution in [0.15, 0.2) is 32.7 Å². The monoisotopic (exact) mass is 338 g/mol. The Hall–Kier alpha value is -1.38. The third kappa shape index (κ3) is 4.05. The Balaban J connectivity index is 1.45. The van der Waals surface area contributed by atoms with E-state index in [4.69, 9.17) is 4.42 Å². The molecular formula is C13H14N4OS3. The van der Waals surface area contributed by atoms with Gasteiger partial charge in [-0.05, 0) is 25.5 Å². The molecule has 0 aliphatic carbocycles. The second-order valence-electron chi connectivity index (χ2n) is 4.27. The molecule has 0 spiro atoms. The number of thioether (sulfide) groups is 1. The van der Waals surface area contributed by atoms with Gasteiger partial charge in [0, 0.05) is 10.6 Å². The van der Waals surface area contributed by atoms with Crippen molar-refractivity contribution < 1.29 is 4.42 Å². The van der Waals surface area contributed by atoms with E-state index in [0.717, 1.165) is 33.1 Å². The minimum atomic E-state index is 0.631. The second-order valence-corrected chi connectivity index (χ2v) is 7.52. The van der Waals surface area contributed by atoms with Gasteiger partial charge in [0.05, 0.1) is 24.0 Å². The normalized spacial score (nSPS) is 10.9. The van der Waals surface area contributed by atoms with Crippen LogP contribution in [0.2, 0.25) is 0 Å². The summed E-state index contributed by atoms with van der Waals surface area (Å²) in [6, 6.07) is 3.81. The van der Waals surface area contributed by atoms with Crippen LogP contribution in [0.4, 0.5) is 5.13 Å². The molecule has 3 aromatic heterocycles. The van der Waals surface area contributed by atoms with E-state index >= 15 is 0 Å². The molecule has 3 aromatic rings. The lowest BCUT2D eigenvalue weighted by molar-refractivity contribution is 0.518. The van der Waals surface area contributed by atoms with Crippen LogP contribution in [-0.2, 0) is 13.0 Å². The Bertz CT molecular complexity index is 677. The van der Waals surface area contributed by atoms with E-state index in [9.17, 15) is 0 Å². The molecule has 0 aromatic carbocycles. The number of hydrogen-bond donors (Lipinski definition) is 1. The van der Waals surface area contributed by atoms with E-state index < -0.39 is 0 Å². The van der Waals surface area contributed by atoms with Crippen LogP contribution in [0, 0.1) is 6.92 Å². The summed E-state index contributed by atoms with van der Waals surface area (Å²) in [6.45, 7) is 2.68. The lowest BCUT2D eigenvalue weighted by Gasteiger charge is -1.97. The highest BCUT2D eigenvalue weighted by Crippen LogP contribution is 2.27. The molecule has 3 rings (SSSR count). The van der Waals surface area contributed by atoms with Crippen LogP contribution >= 0.6 is 34.4 Å². The van der Waals surface area contributed by atoms with Crippen LogP contribution in [-0.4, -0.2) is 20.9 Å². The summed E-state index contributed by atoms with van der Waals surface area (Å²) < 4.78 is 6.25. The van der Waals surface area contributed by atoms with Gasteiger partial charge in [-0.15, -0.1) is 21.5 Å². The molecule has 0 fully saturated rings. The zero-order valence-electron chi connectivity index (χ0n) is 11.4. The Morgan fingerprint density at radius 2 is 2.33 bits per heavy atom. The zero-order chi connectivity index (χ0) is 14.5. The molecule has 1 N–H and O–H groups in total. The third-order valence-corrected chi connectivity index (χ3v) is 5.81. The highest BCUT2D eigenvalue weighted by atomic mass is 32.2. The Kier molecular flexibility index (Phi) is 4.89. The molecule has 3 heterocycles. The van der Waals surface area contributed by atoms with E-state index in [1.807, 2.05) is 17.6 Å². The Morgan fingerprint density at radius 3 is 3.10 bits per heavy atom. The molecule has 21 heavy (non-hydrogen) atoms. The summed E-state index contributed by atoms with van der Waals surface area (Å²) in [7, 11) is 0. The molecule has 5 nitrogen and oxygen atoms in total. The second kappa shape index (κ2) is 7.06. The SMILES string of the molecule is Cc1ncsc1CCSc1nnc(NCc2ccco2)s1. The summed E-state index contributed by atoms with van der Waals surface area (Å²) in [5, 5.41) is 12.4. The molecule has 0 aliphatic rings. The van der Waals surface area contributed by atoms with Gasteiger partial charge in [0.15, 0.2) is 4.34 Å². The van der Waals surface area contributed by atoms with Crippen LogP contribution in [0.25, 0.3) is 0 Å². The van der Waals surface area contributed by atoms with Crippen LogP contribution in [0.5, 0.6) is 0 Å². The number of thiazole rings is 1. The van der Waals surface area contributed by atoms with Gasteiger partial charge in [-0.2, -0.15) is 0 Å². The van der Waals surface area contributed by atoms with Gasteiger partial charge in [-0.25, -0.2) is 4.98 Å². The molecule has 0 saturated carbocycles. The van der Waals surface area contributed by atoms with Crippen molar-refractivity contribution in [2.24, 2.45) is 0 Å². The van der Waals surface area contributed by atoms with Crippen molar-refractivity contribution in [1.82, 2.24) is 15.2 Å². The number of rotatable bonds is 7. The standard InChI is InChI=1S/C13H14N4OS3/c1-9-11(20-8-15-9)4-6-19-13-17-16-12(21-13)14-7-10-3-2-5-18-10/h2-3,5,8H,4,6-7H2,1H3,(H,14,16). The van der Waals surface area contributed by atoms with Gasteiger partial charge in [0.25, 0.3) is 0 Å². The molecule has 0 aliphatic heterocycles. The van der Waals surface area contributed by atoms with Crippen LogP contribution in [0.3, 0.4) is 0 Å². The van der Waals surface area contributed by atoms with Crippen molar-refractivity contribution in [2.45, 2.75) is 24.2 Å². The van der Waals surface area contributed by atoms with Crippen LogP contribution < -0.4 is 5.32 Å². The molecule has 8 heteroatoms. The van der Waals surface area contributed by atoms with E-state index in [-0.39, 0.29) is 0 Å². The maximum atomic E-state index is 5.26. The number of furan rings is 1. The minimum absolute atomic E-state index is 0.631. The van der Waals surface area contributed by atoms with Crippen LogP contribution in [0.1, 0.15) is 16.3 Å². The van der Waals surface area contributed by atoms with E-state index in [0.29, 0.717) is 6.54 Å². The first kappa shape index (κ1) is 14.6. The number of nitrogens with one attached hydrogen (secondary N) is 1. The lowest BCUT2D eigenvalue weighted by atomic mass is 10.3. The lowest BCUT2D eigenvalue weighted by Crippen LogP contribution is -1.96. The summed E-state index contributed by atoms with van der Waals surface area (Å²) >= 11 is 5.02. The first-order valence-corrected chi connectivity index (χ1v) is 9.11. The fourth-order valence-corrected chi connectivity index (χ4v) is 4.40. The molecule has 0 bridgehead atoms. The average molecular weight is 338 g/mol. The van der Waals surface area contributed by atoms with Gasteiger partial charge >= 0.3 is 0 Å². The molecular weight excluding hydrogens is 324 g/mol. The largest absolute Gasteiger partial charge is 0.467 e. The zero-order valence-corrected chi connectivity index (χ0v) is 13.9. The van der Waals surface area contributed by atoms with Gasteiger partial charge < -0.3 is 9.73 Å². The van der Waals surface area contributed by atoms with Gasteiger partial charge in [0.1, 0.15) is 5.76 Å². The van der Waals surface area contributed by atoms with Crippen molar-refractivity contribution in [1.29, 1.82) is 0 Å². The molecule has 0 radical (unpaired) electrons.